The van der Waals surface area contributed by atoms with Gasteiger partial charge in [-0.05, 0) is 76.3 Å². The summed E-state index contributed by atoms with van der Waals surface area (Å²) in [6.07, 6.45) is 3.49. The van der Waals surface area contributed by atoms with Gasteiger partial charge < -0.3 is 29.7 Å². The van der Waals surface area contributed by atoms with E-state index in [-0.39, 0.29) is 43.2 Å². The second-order valence-corrected chi connectivity index (χ2v) is 12.7. The zero-order valence-corrected chi connectivity index (χ0v) is 26.0. The van der Waals surface area contributed by atoms with Gasteiger partial charge in [0.15, 0.2) is 6.29 Å². The Morgan fingerprint density at radius 3 is 2.30 bits per heavy atom. The number of aliphatic hydroxyl groups excluding tert-OH is 1. The Kier molecular flexibility index (Phi) is 11.9. The number of nitrogens with zero attached hydrogens (tertiary/aromatic N) is 1. The zero-order valence-electron chi connectivity index (χ0n) is 26.0. The molecule has 0 aromatic heterocycles. The second-order valence-electron chi connectivity index (χ2n) is 12.7. The molecule has 10 heteroatoms. The smallest absolute Gasteiger partial charge is 0.323 e. The Bertz CT molecular complexity index is 1240. The maximum atomic E-state index is 13.0. The molecule has 240 valence electrons. The predicted octanol–water partition coefficient (Wildman–Crippen LogP) is 5.50. The summed E-state index contributed by atoms with van der Waals surface area (Å²) >= 11 is 0. The Morgan fingerprint density at radius 2 is 1.64 bits per heavy atom. The van der Waals surface area contributed by atoms with Crippen LogP contribution in [-0.2, 0) is 35.2 Å². The third-order valence-electron chi connectivity index (χ3n) is 7.86. The monoisotopic (exact) mass is 610 g/mol. The van der Waals surface area contributed by atoms with Gasteiger partial charge in [-0.1, -0.05) is 42.8 Å². The van der Waals surface area contributed by atoms with Gasteiger partial charge in [0.05, 0.1) is 18.8 Å². The number of hydrogen-bond donors (Lipinski definition) is 3. The molecule has 10 nitrogen and oxygen atoms in total. The number of benzene rings is 2. The summed E-state index contributed by atoms with van der Waals surface area (Å²) in [5, 5.41) is 21.1. The molecule has 2 aliphatic rings. The van der Waals surface area contributed by atoms with Crippen LogP contribution in [0.15, 0.2) is 48.5 Å². The molecule has 2 aromatic rings. The Hall–Kier alpha value is -3.31. The van der Waals surface area contributed by atoms with E-state index in [1.165, 1.54) is 0 Å². The molecule has 4 rings (SSSR count). The van der Waals surface area contributed by atoms with E-state index in [0.29, 0.717) is 44.3 Å². The van der Waals surface area contributed by atoms with Gasteiger partial charge in [0.2, 0.25) is 5.91 Å². The first-order valence-electron chi connectivity index (χ1n) is 15.6. The fraction of sp³-hybridized carbons (Fsp3) is 0.559. The summed E-state index contributed by atoms with van der Waals surface area (Å²) in [6, 6.07) is 14.8. The predicted molar refractivity (Wildman–Crippen MR) is 165 cm³/mol. The normalized spacial score (nSPS) is 22.5. The molecular weight excluding hydrogens is 564 g/mol. The first-order chi connectivity index (χ1) is 21.0. The Balaban J connectivity index is 1.42. The summed E-state index contributed by atoms with van der Waals surface area (Å²) in [7, 11) is 0. The third kappa shape index (κ3) is 10.1. The minimum atomic E-state index is -0.821. The number of carbonyl (C=O) groups is 3. The van der Waals surface area contributed by atoms with Crippen molar-refractivity contribution in [2.24, 2.45) is 0 Å². The maximum Gasteiger partial charge on any atom is 0.323 e. The van der Waals surface area contributed by atoms with Gasteiger partial charge in [0.1, 0.15) is 11.6 Å². The van der Waals surface area contributed by atoms with E-state index in [4.69, 9.17) is 19.3 Å². The lowest BCUT2D eigenvalue weighted by Crippen LogP contribution is -2.45. The first kappa shape index (κ1) is 33.6. The lowest BCUT2D eigenvalue weighted by atomic mass is 9.99. The third-order valence-corrected chi connectivity index (χ3v) is 7.86. The van der Waals surface area contributed by atoms with Crippen molar-refractivity contribution in [1.29, 1.82) is 0 Å². The summed E-state index contributed by atoms with van der Waals surface area (Å²) < 4.78 is 18.7. The first-order valence-corrected chi connectivity index (χ1v) is 15.6. The van der Waals surface area contributed by atoms with Gasteiger partial charge in [-0.25, -0.2) is 0 Å². The average Bonchev–Trinajstić information content (AvgIpc) is 3.44. The molecule has 2 heterocycles. The van der Waals surface area contributed by atoms with Gasteiger partial charge in [-0.3, -0.25) is 19.3 Å². The molecule has 4 atom stereocenters. The minimum absolute atomic E-state index is 0.0329. The van der Waals surface area contributed by atoms with E-state index in [2.05, 4.69) is 10.2 Å². The van der Waals surface area contributed by atoms with E-state index in [0.717, 1.165) is 36.1 Å². The number of carboxylic acid groups (broad SMARTS) is 1. The van der Waals surface area contributed by atoms with Crippen molar-refractivity contribution in [3.63, 3.8) is 0 Å². The molecule has 0 bridgehead atoms. The number of anilines is 1. The molecule has 2 saturated heterocycles. The topological polar surface area (TPSA) is 135 Å². The van der Waals surface area contributed by atoms with Crippen LogP contribution in [0.3, 0.4) is 0 Å². The second kappa shape index (κ2) is 15.6. The summed E-state index contributed by atoms with van der Waals surface area (Å²) in [5.41, 5.74) is 2.72. The van der Waals surface area contributed by atoms with E-state index in [1.54, 1.807) is 0 Å². The van der Waals surface area contributed by atoms with Crippen LogP contribution in [-0.4, -0.2) is 63.8 Å². The molecule has 2 aliphatic heterocycles. The van der Waals surface area contributed by atoms with Crippen molar-refractivity contribution in [3.8, 4) is 0 Å². The molecule has 1 amide bonds. The fourth-order valence-electron chi connectivity index (χ4n) is 5.66. The van der Waals surface area contributed by atoms with Crippen molar-refractivity contribution in [2.45, 2.75) is 109 Å². The fourth-order valence-corrected chi connectivity index (χ4v) is 5.66. The molecule has 2 fully saturated rings. The number of nitrogens with one attached hydrogen (secondary N) is 1. The number of aliphatic hydroxyl groups is 1. The van der Waals surface area contributed by atoms with Crippen LogP contribution < -0.4 is 5.32 Å². The van der Waals surface area contributed by atoms with Crippen molar-refractivity contribution in [3.05, 3.63) is 65.2 Å². The molecule has 3 N–H and O–H groups in total. The van der Waals surface area contributed by atoms with Gasteiger partial charge in [0, 0.05) is 37.1 Å². The van der Waals surface area contributed by atoms with E-state index in [9.17, 15) is 19.5 Å². The number of amides is 1. The SMILES string of the molecule is CC(C)(C)OC(=O)[C@@H]1CCCN1C[C@H]1C[C@@H](c2ccc(CO)cc2)O[C@@H](c2ccc(NC(=O)CCCCCC(=O)O)cc2)O1. The van der Waals surface area contributed by atoms with Crippen LogP contribution in [0, 0.1) is 0 Å². The molecular formula is C34H46N2O8. The molecule has 0 spiro atoms. The largest absolute Gasteiger partial charge is 0.481 e. The number of aliphatic carboxylic acids is 1. The number of carbonyl (C=O) groups excluding carboxylic acids is 2. The lowest BCUT2D eigenvalue weighted by molar-refractivity contribution is -0.253. The van der Waals surface area contributed by atoms with Crippen LogP contribution in [0.5, 0.6) is 0 Å². The Labute approximate surface area is 259 Å². The number of ether oxygens (including phenoxy) is 3. The number of unbranched alkanes of at least 4 members (excludes halogenated alkanes) is 2. The molecule has 0 radical (unpaired) electrons. The standard InChI is InChI=1S/C34H46N2O8/c1-34(2,3)44-32(41)28-8-7-19-36(28)21-27-20-29(24-13-11-23(22-37)12-14-24)43-33(42-27)25-15-17-26(18-16-25)35-30(38)9-5-4-6-10-31(39)40/h11-18,27-29,33,37H,4-10,19-22H2,1-3H3,(H,35,38)(H,39,40)/t27-,28+,29+,33+/m1/s1. The summed E-state index contributed by atoms with van der Waals surface area (Å²) in [4.78, 5) is 38.1. The highest BCUT2D eigenvalue weighted by Gasteiger charge is 2.38. The zero-order chi connectivity index (χ0) is 31.7. The van der Waals surface area contributed by atoms with Crippen molar-refractivity contribution in [1.82, 2.24) is 4.90 Å². The van der Waals surface area contributed by atoms with Crippen LogP contribution >= 0.6 is 0 Å². The molecule has 2 aromatic carbocycles. The number of hydrogen-bond acceptors (Lipinski definition) is 8. The number of rotatable bonds is 13. The number of carboxylic acids is 1. The highest BCUT2D eigenvalue weighted by atomic mass is 16.7. The number of esters is 1. The quantitative estimate of drug-likeness (QED) is 0.198. The average molecular weight is 611 g/mol. The maximum absolute atomic E-state index is 13.0. The van der Waals surface area contributed by atoms with E-state index < -0.39 is 17.9 Å². The van der Waals surface area contributed by atoms with Gasteiger partial charge in [0.25, 0.3) is 0 Å². The summed E-state index contributed by atoms with van der Waals surface area (Å²) in [5.74, 6) is -1.14. The molecule has 0 aliphatic carbocycles. The van der Waals surface area contributed by atoms with Crippen LogP contribution in [0.1, 0.15) is 101 Å². The van der Waals surface area contributed by atoms with E-state index >= 15 is 0 Å². The van der Waals surface area contributed by atoms with E-state index in [1.807, 2.05) is 69.3 Å². The lowest BCUT2D eigenvalue weighted by Gasteiger charge is -2.38. The van der Waals surface area contributed by atoms with Gasteiger partial charge in [-0.2, -0.15) is 0 Å². The highest BCUT2D eigenvalue weighted by molar-refractivity contribution is 5.90. The van der Waals surface area contributed by atoms with Crippen molar-refractivity contribution >= 4 is 23.5 Å². The number of likely N-dealkylation sites (tertiary alicyclic amines) is 1. The van der Waals surface area contributed by atoms with Crippen molar-refractivity contribution < 1.29 is 38.8 Å². The van der Waals surface area contributed by atoms with Crippen LogP contribution in [0.4, 0.5) is 5.69 Å². The minimum Gasteiger partial charge on any atom is -0.481 e. The molecule has 0 saturated carbocycles. The van der Waals surface area contributed by atoms with Gasteiger partial charge in [-0.15, -0.1) is 0 Å². The van der Waals surface area contributed by atoms with Crippen molar-refractivity contribution in [2.75, 3.05) is 18.4 Å². The molecule has 44 heavy (non-hydrogen) atoms. The summed E-state index contributed by atoms with van der Waals surface area (Å²) in [6.45, 7) is 6.96. The van der Waals surface area contributed by atoms with Crippen LogP contribution in [0.2, 0.25) is 0 Å². The molecule has 0 unspecified atom stereocenters. The highest BCUT2D eigenvalue weighted by Crippen LogP contribution is 2.39. The van der Waals surface area contributed by atoms with Gasteiger partial charge >= 0.3 is 11.9 Å². The Morgan fingerprint density at radius 1 is 0.955 bits per heavy atom. The van der Waals surface area contributed by atoms with Crippen LogP contribution in [0.25, 0.3) is 0 Å².